The highest BCUT2D eigenvalue weighted by Gasteiger charge is 2.36. The second-order valence-corrected chi connectivity index (χ2v) is 10.9. The number of imidazole rings is 1. The Labute approximate surface area is 239 Å². The molecule has 0 spiro atoms. The topological polar surface area (TPSA) is 115 Å². The fourth-order valence-corrected chi connectivity index (χ4v) is 5.20. The molecule has 5 heterocycles. The number of hydrogen-bond acceptors (Lipinski definition) is 8. The third-order valence-corrected chi connectivity index (χ3v) is 7.55. The highest BCUT2D eigenvalue weighted by molar-refractivity contribution is 5.84. The van der Waals surface area contributed by atoms with Gasteiger partial charge in [0.2, 0.25) is 5.95 Å². The van der Waals surface area contributed by atoms with Gasteiger partial charge >= 0.3 is 6.18 Å². The Balaban J connectivity index is 1.23. The summed E-state index contributed by atoms with van der Waals surface area (Å²) in [5.41, 5.74) is 1.27. The molecule has 0 bridgehead atoms. The van der Waals surface area contributed by atoms with Crippen LogP contribution in [0, 0.1) is 0 Å². The number of benzene rings is 1. The predicted octanol–water partition coefficient (Wildman–Crippen LogP) is 4.45. The Bertz CT molecular complexity index is 1670. The first-order chi connectivity index (χ1) is 20.1. The monoisotopic (exact) mass is 580 g/mol. The third-order valence-electron chi connectivity index (χ3n) is 7.55. The number of aliphatic hydroxyl groups is 1. The number of nitrogens with one attached hydrogen (secondary N) is 1. The van der Waals surface area contributed by atoms with Gasteiger partial charge in [0.15, 0.2) is 17.0 Å². The van der Waals surface area contributed by atoms with Gasteiger partial charge in [-0.25, -0.2) is 9.67 Å². The first-order valence-corrected chi connectivity index (χ1v) is 13.7. The predicted molar refractivity (Wildman–Crippen MR) is 150 cm³/mol. The van der Waals surface area contributed by atoms with Crippen molar-refractivity contribution in [2.75, 3.05) is 23.3 Å². The molecule has 0 aliphatic carbocycles. The fraction of sp³-hybridized carbons (Fsp3) is 0.393. The lowest BCUT2D eigenvalue weighted by Crippen LogP contribution is -2.47. The molecule has 2 N–H and O–H groups in total. The minimum atomic E-state index is -4.48. The lowest BCUT2D eigenvalue weighted by Gasteiger charge is -2.38. The van der Waals surface area contributed by atoms with E-state index >= 15 is 0 Å². The normalized spacial score (nSPS) is 15.5. The number of fused-ring (bicyclic) bond motifs is 1. The Morgan fingerprint density at radius 3 is 2.55 bits per heavy atom. The van der Waals surface area contributed by atoms with Crippen LogP contribution < -0.4 is 10.2 Å². The van der Waals surface area contributed by atoms with Crippen LogP contribution in [-0.2, 0) is 19.3 Å². The second kappa shape index (κ2) is 10.7. The van der Waals surface area contributed by atoms with Crippen molar-refractivity contribution in [2.45, 2.75) is 57.6 Å². The highest BCUT2D eigenvalue weighted by atomic mass is 19.4. The molecule has 0 saturated carbocycles. The Hall–Kier alpha value is -4.46. The number of aromatic nitrogens is 8. The Morgan fingerprint density at radius 1 is 1.07 bits per heavy atom. The number of rotatable bonds is 8. The molecule has 1 fully saturated rings. The van der Waals surface area contributed by atoms with Crippen LogP contribution in [0.5, 0.6) is 0 Å². The highest BCUT2D eigenvalue weighted by Crippen LogP contribution is 2.32. The van der Waals surface area contributed by atoms with Crippen LogP contribution in [0.1, 0.15) is 43.9 Å². The summed E-state index contributed by atoms with van der Waals surface area (Å²) in [6.45, 7) is 5.40. The maximum atomic E-state index is 13.0. The van der Waals surface area contributed by atoms with Crippen LogP contribution in [0.3, 0.4) is 0 Å². The first-order valence-electron chi connectivity index (χ1n) is 13.7. The lowest BCUT2D eigenvalue weighted by atomic mass is 9.91. The molecule has 5 aromatic rings. The molecule has 14 heteroatoms. The molecule has 6 rings (SSSR count). The van der Waals surface area contributed by atoms with Crippen molar-refractivity contribution < 1.29 is 18.3 Å². The van der Waals surface area contributed by atoms with Crippen LogP contribution in [0.2, 0.25) is 0 Å². The van der Waals surface area contributed by atoms with Gasteiger partial charge in [0.05, 0.1) is 35.9 Å². The van der Waals surface area contributed by atoms with Crippen molar-refractivity contribution in [2.24, 2.45) is 0 Å². The zero-order chi connectivity index (χ0) is 29.5. The van der Waals surface area contributed by atoms with Gasteiger partial charge in [-0.1, -0.05) is 18.2 Å². The van der Waals surface area contributed by atoms with Crippen molar-refractivity contribution in [1.82, 2.24) is 39.1 Å². The van der Waals surface area contributed by atoms with E-state index in [9.17, 15) is 18.3 Å². The van der Waals surface area contributed by atoms with Crippen LogP contribution in [0.25, 0.3) is 16.9 Å². The minimum absolute atomic E-state index is 0.0284. The van der Waals surface area contributed by atoms with Gasteiger partial charge in [-0.15, -0.1) is 0 Å². The van der Waals surface area contributed by atoms with E-state index in [0.29, 0.717) is 55.4 Å². The third kappa shape index (κ3) is 5.53. The van der Waals surface area contributed by atoms with E-state index in [0.717, 1.165) is 28.3 Å². The summed E-state index contributed by atoms with van der Waals surface area (Å²) in [6.07, 6.45) is 3.25. The van der Waals surface area contributed by atoms with Gasteiger partial charge in [0, 0.05) is 44.3 Å². The summed E-state index contributed by atoms with van der Waals surface area (Å²) in [6, 6.07) is 9.95. The molecule has 4 aromatic heterocycles. The van der Waals surface area contributed by atoms with Gasteiger partial charge in [0.1, 0.15) is 0 Å². The Kier molecular flexibility index (Phi) is 7.09. The molecule has 1 aliphatic heterocycles. The zero-order valence-electron chi connectivity index (χ0n) is 23.2. The van der Waals surface area contributed by atoms with Gasteiger partial charge in [-0.2, -0.15) is 33.3 Å². The second-order valence-electron chi connectivity index (χ2n) is 10.9. The quantitative estimate of drug-likeness (QED) is 0.277. The van der Waals surface area contributed by atoms with Crippen molar-refractivity contribution >= 4 is 22.9 Å². The molecular weight excluding hydrogens is 549 g/mol. The van der Waals surface area contributed by atoms with Gasteiger partial charge in [0.25, 0.3) is 0 Å². The van der Waals surface area contributed by atoms with E-state index in [-0.39, 0.29) is 12.6 Å². The van der Waals surface area contributed by atoms with Crippen LogP contribution >= 0.6 is 0 Å². The number of hydrogen-bond donors (Lipinski definition) is 2. The fourth-order valence-electron chi connectivity index (χ4n) is 5.20. The van der Waals surface area contributed by atoms with Gasteiger partial charge in [-0.3, -0.25) is 4.68 Å². The molecule has 1 saturated heterocycles. The molecule has 0 amide bonds. The van der Waals surface area contributed by atoms with E-state index in [1.807, 2.05) is 50.7 Å². The average Bonchev–Trinajstić information content (AvgIpc) is 3.73. The summed E-state index contributed by atoms with van der Waals surface area (Å²) >= 11 is 0. The number of halogens is 3. The van der Waals surface area contributed by atoms with E-state index in [1.165, 1.54) is 0 Å². The number of nitrogens with zero attached hydrogens (tertiary/aromatic N) is 9. The first kappa shape index (κ1) is 27.7. The van der Waals surface area contributed by atoms with E-state index in [2.05, 4.69) is 34.3 Å². The zero-order valence-corrected chi connectivity index (χ0v) is 23.2. The SMILES string of the molecule is CC(C)n1cnc2c(NCc3ccccc3-n3cccn3)nc(N3CCC(O)(Cn4cc(C(F)(F)F)cn4)CC3)nc21. The van der Waals surface area contributed by atoms with Crippen molar-refractivity contribution in [3.8, 4) is 5.69 Å². The number of alkyl halides is 3. The maximum absolute atomic E-state index is 13.0. The molecule has 1 aliphatic rings. The van der Waals surface area contributed by atoms with E-state index < -0.39 is 17.3 Å². The Morgan fingerprint density at radius 2 is 1.86 bits per heavy atom. The molecular formula is C28H31F3N10O. The average molecular weight is 581 g/mol. The molecule has 0 atom stereocenters. The number of piperidine rings is 1. The van der Waals surface area contributed by atoms with Crippen LogP contribution in [0.15, 0.2) is 61.4 Å². The smallest absolute Gasteiger partial charge is 0.388 e. The summed E-state index contributed by atoms with van der Waals surface area (Å²) in [7, 11) is 0. The molecule has 0 unspecified atom stereocenters. The van der Waals surface area contributed by atoms with Gasteiger partial charge < -0.3 is 19.9 Å². The van der Waals surface area contributed by atoms with Crippen LogP contribution in [-0.4, -0.2) is 62.9 Å². The minimum Gasteiger partial charge on any atom is -0.388 e. The molecule has 42 heavy (non-hydrogen) atoms. The summed E-state index contributed by atoms with van der Waals surface area (Å²) in [5.74, 6) is 1.08. The summed E-state index contributed by atoms with van der Waals surface area (Å²) in [5, 5.41) is 22.8. The molecule has 220 valence electrons. The molecule has 1 aromatic carbocycles. The molecule has 0 radical (unpaired) electrons. The maximum Gasteiger partial charge on any atom is 0.419 e. The van der Waals surface area contributed by atoms with Crippen molar-refractivity contribution in [3.63, 3.8) is 0 Å². The van der Waals surface area contributed by atoms with E-state index in [4.69, 9.17) is 9.97 Å². The van der Waals surface area contributed by atoms with Gasteiger partial charge in [-0.05, 0) is 44.4 Å². The van der Waals surface area contributed by atoms with E-state index in [1.54, 1.807) is 12.5 Å². The van der Waals surface area contributed by atoms with Crippen molar-refractivity contribution in [3.05, 3.63) is 72.6 Å². The molecule has 11 nitrogen and oxygen atoms in total. The summed E-state index contributed by atoms with van der Waals surface area (Å²) in [4.78, 5) is 16.3. The summed E-state index contributed by atoms with van der Waals surface area (Å²) < 4.78 is 43.9. The largest absolute Gasteiger partial charge is 0.419 e. The number of para-hydroxylation sites is 1. The standard InChI is InChI=1S/C28H31F3N10O/c1-19(2)40-18-33-23-24(32-14-20-6-3-4-7-22(20)41-11-5-10-34-41)36-26(37-25(23)40)38-12-8-27(42,9-13-38)17-39-16-21(15-35-39)28(29,30)31/h3-7,10-11,15-16,18-19,42H,8-9,12-14,17H2,1-2H3,(H,32,36,37). The van der Waals surface area contributed by atoms with Crippen LogP contribution in [0.4, 0.5) is 24.9 Å². The lowest BCUT2D eigenvalue weighted by molar-refractivity contribution is -0.137. The number of anilines is 2. The van der Waals surface area contributed by atoms with Crippen molar-refractivity contribution in [1.29, 1.82) is 0 Å².